The van der Waals surface area contributed by atoms with Crippen LogP contribution in [0.4, 0.5) is 5.00 Å². The van der Waals surface area contributed by atoms with Gasteiger partial charge >= 0.3 is 5.97 Å². The molecule has 0 aromatic carbocycles. The number of carboxylic acid groups (broad SMARTS) is 1. The Morgan fingerprint density at radius 1 is 1.25 bits per heavy atom. The predicted molar refractivity (Wildman–Crippen MR) is 89.6 cm³/mol. The van der Waals surface area contributed by atoms with E-state index in [0.29, 0.717) is 29.8 Å². The molecule has 24 heavy (non-hydrogen) atoms. The van der Waals surface area contributed by atoms with Crippen LogP contribution in [0.25, 0.3) is 0 Å². The van der Waals surface area contributed by atoms with Gasteiger partial charge in [-0.1, -0.05) is 0 Å². The first kappa shape index (κ1) is 17.3. The molecule has 1 heterocycles. The number of hydrogen-bond acceptors (Lipinski definition) is 6. The molecule has 8 nitrogen and oxygen atoms in total. The van der Waals surface area contributed by atoms with E-state index in [1.54, 1.807) is 0 Å². The van der Waals surface area contributed by atoms with Crippen molar-refractivity contribution in [3.05, 3.63) is 16.0 Å². The van der Waals surface area contributed by atoms with E-state index < -0.39 is 16.0 Å². The van der Waals surface area contributed by atoms with Crippen molar-refractivity contribution in [2.75, 3.05) is 11.6 Å². The van der Waals surface area contributed by atoms with Gasteiger partial charge in [-0.15, -0.1) is 11.3 Å². The van der Waals surface area contributed by atoms with Gasteiger partial charge in [-0.3, -0.25) is 4.79 Å². The van der Waals surface area contributed by atoms with E-state index in [1.807, 2.05) is 0 Å². The smallest absolute Gasteiger partial charge is 0.339 e. The number of thiophene rings is 1. The van der Waals surface area contributed by atoms with Gasteiger partial charge in [0, 0.05) is 16.8 Å². The number of hydrogen-bond donors (Lipinski definition) is 4. The molecule has 0 radical (unpaired) electrons. The fraction of sp³-hybridized carbons (Fsp3) is 0.571. The third-order valence-corrected chi connectivity index (χ3v) is 5.80. The summed E-state index contributed by atoms with van der Waals surface area (Å²) in [7, 11) is -3.37. The first-order valence-corrected chi connectivity index (χ1v) is 10.4. The molecule has 0 spiro atoms. The molecule has 1 aromatic heterocycles. The summed E-state index contributed by atoms with van der Waals surface area (Å²) in [6, 6.07) is -0.188. The maximum atomic E-state index is 12.0. The third kappa shape index (κ3) is 3.94. The number of aryl methyl sites for hydroxylation is 1. The number of amides is 1. The summed E-state index contributed by atoms with van der Waals surface area (Å²) in [4.78, 5) is 26.8. The highest BCUT2D eigenvalue weighted by molar-refractivity contribution is 7.88. The lowest BCUT2D eigenvalue weighted by atomic mass is 9.92. The Bertz CT molecular complexity index is 783. The number of aromatic carboxylic acids is 1. The monoisotopic (exact) mass is 373 g/mol. The van der Waals surface area contributed by atoms with Crippen molar-refractivity contribution in [2.45, 2.75) is 38.1 Å². The summed E-state index contributed by atoms with van der Waals surface area (Å²) >= 11 is 1.31. The van der Waals surface area contributed by atoms with Gasteiger partial charge in [0.2, 0.25) is 15.9 Å². The van der Waals surface area contributed by atoms with Crippen LogP contribution in [0, 0.1) is 5.92 Å². The quantitative estimate of drug-likeness (QED) is 0.544. The number of carbonyl (C=O) groups is 2. The average Bonchev–Trinajstić information content (AvgIpc) is 3.26. The predicted octanol–water partition coefficient (Wildman–Crippen LogP) is 0.706. The van der Waals surface area contributed by atoms with Gasteiger partial charge in [0.25, 0.3) is 0 Å². The van der Waals surface area contributed by atoms with Crippen LogP contribution in [0.1, 0.15) is 40.1 Å². The molecule has 2 aliphatic rings. The van der Waals surface area contributed by atoms with Gasteiger partial charge in [-0.25, -0.2) is 18.6 Å². The van der Waals surface area contributed by atoms with Gasteiger partial charge in [0.05, 0.1) is 11.8 Å². The number of sulfonamides is 1. The Labute approximate surface area is 143 Å². The van der Waals surface area contributed by atoms with Crippen LogP contribution in [-0.2, 0) is 27.7 Å². The fourth-order valence-corrected chi connectivity index (χ4v) is 4.39. The number of nitrogens with one attached hydrogen (secondary N) is 3. The zero-order chi connectivity index (χ0) is 17.5. The highest BCUT2D eigenvalue weighted by atomic mass is 32.2. The zero-order valence-electron chi connectivity index (χ0n) is 13.1. The van der Waals surface area contributed by atoms with E-state index in [2.05, 4.69) is 15.6 Å². The fourth-order valence-electron chi connectivity index (χ4n) is 2.77. The molecule has 1 fully saturated rings. The van der Waals surface area contributed by atoms with E-state index in [4.69, 9.17) is 0 Å². The number of carboxylic acids is 1. The molecule has 1 unspecified atom stereocenters. The molecule has 132 valence electrons. The van der Waals surface area contributed by atoms with Gasteiger partial charge in [0.1, 0.15) is 5.00 Å². The summed E-state index contributed by atoms with van der Waals surface area (Å²) in [5.74, 6) is -1.20. The Balaban J connectivity index is 1.79. The third-order valence-electron chi connectivity index (χ3n) is 4.11. The topological polar surface area (TPSA) is 125 Å². The largest absolute Gasteiger partial charge is 0.478 e. The molecule has 0 aliphatic heterocycles. The minimum atomic E-state index is -3.37. The molecule has 1 amide bonds. The summed E-state index contributed by atoms with van der Waals surface area (Å²) in [5, 5.41) is 12.7. The lowest BCUT2D eigenvalue weighted by Crippen LogP contribution is -2.46. The number of fused-ring (bicyclic) bond motifs is 1. The van der Waals surface area contributed by atoms with E-state index in [0.717, 1.165) is 24.0 Å². The lowest BCUT2D eigenvalue weighted by Gasteiger charge is -2.23. The molecular formula is C14H19N3O5S2. The van der Waals surface area contributed by atoms with Crippen LogP contribution >= 0.6 is 11.3 Å². The highest BCUT2D eigenvalue weighted by Crippen LogP contribution is 2.39. The Hall–Kier alpha value is -1.49. The van der Waals surface area contributed by atoms with E-state index in [-0.39, 0.29) is 23.4 Å². The van der Waals surface area contributed by atoms with E-state index >= 15 is 0 Å². The zero-order valence-corrected chi connectivity index (χ0v) is 14.7. The Kier molecular flexibility index (Phi) is 4.65. The molecule has 1 atom stereocenters. The maximum Gasteiger partial charge on any atom is 0.339 e. The van der Waals surface area contributed by atoms with Crippen LogP contribution in [-0.4, -0.2) is 37.7 Å². The van der Waals surface area contributed by atoms with Crippen LogP contribution in [0.15, 0.2) is 0 Å². The summed E-state index contributed by atoms with van der Waals surface area (Å²) in [5.41, 5.74) is 3.55. The average molecular weight is 373 g/mol. The van der Waals surface area contributed by atoms with Crippen molar-refractivity contribution in [2.24, 2.45) is 5.92 Å². The van der Waals surface area contributed by atoms with E-state index in [9.17, 15) is 23.1 Å². The first-order valence-electron chi connectivity index (χ1n) is 7.65. The number of hydrazine groups is 1. The van der Waals surface area contributed by atoms with Crippen molar-refractivity contribution in [3.63, 3.8) is 0 Å². The van der Waals surface area contributed by atoms with Gasteiger partial charge < -0.3 is 10.4 Å². The van der Waals surface area contributed by atoms with Crippen molar-refractivity contribution in [3.8, 4) is 0 Å². The van der Waals surface area contributed by atoms with Crippen LogP contribution < -0.4 is 15.6 Å². The maximum absolute atomic E-state index is 12.0. The van der Waals surface area contributed by atoms with Gasteiger partial charge in [-0.05, 0) is 37.7 Å². The van der Waals surface area contributed by atoms with Gasteiger partial charge in [0.15, 0.2) is 0 Å². The van der Waals surface area contributed by atoms with E-state index in [1.165, 1.54) is 11.3 Å². The normalized spacial score (nSPS) is 20.5. The molecule has 0 saturated heterocycles. The molecule has 1 saturated carbocycles. The van der Waals surface area contributed by atoms with Crippen LogP contribution in [0.2, 0.25) is 0 Å². The Morgan fingerprint density at radius 3 is 2.54 bits per heavy atom. The number of carbonyl (C=O) groups excluding carboxylic acids is 1. The van der Waals surface area contributed by atoms with Crippen LogP contribution in [0.3, 0.4) is 0 Å². The SMILES string of the molecule is CS(=O)(=O)NNC1CCc2sc(NC(=O)C3CC3)c(C(=O)O)c2C1. The molecule has 3 rings (SSSR count). The lowest BCUT2D eigenvalue weighted by molar-refractivity contribution is -0.117. The minimum absolute atomic E-state index is 0.000788. The summed E-state index contributed by atoms with van der Waals surface area (Å²) in [6.45, 7) is 0. The number of anilines is 1. The van der Waals surface area contributed by atoms with Crippen molar-refractivity contribution < 1.29 is 23.1 Å². The van der Waals surface area contributed by atoms with Crippen molar-refractivity contribution >= 4 is 38.2 Å². The van der Waals surface area contributed by atoms with Crippen molar-refractivity contribution in [1.82, 2.24) is 10.3 Å². The second-order valence-corrected chi connectivity index (χ2v) is 9.09. The summed E-state index contributed by atoms with van der Waals surface area (Å²) in [6.07, 6.45) is 4.47. The minimum Gasteiger partial charge on any atom is -0.478 e. The standard InChI is InChI=1S/C14H19N3O5S2/c1-24(21,22)17-16-8-4-5-10-9(6-8)11(14(19)20)13(23-10)15-12(18)7-2-3-7/h7-8,16-17H,2-6H2,1H3,(H,15,18)(H,19,20). The summed E-state index contributed by atoms with van der Waals surface area (Å²) < 4.78 is 22.4. The molecule has 10 heteroatoms. The molecule has 0 bridgehead atoms. The van der Waals surface area contributed by atoms with Crippen LogP contribution in [0.5, 0.6) is 0 Å². The second kappa shape index (κ2) is 6.43. The molecular weight excluding hydrogens is 354 g/mol. The Morgan fingerprint density at radius 2 is 1.96 bits per heavy atom. The second-order valence-electron chi connectivity index (χ2n) is 6.23. The first-order chi connectivity index (χ1) is 11.2. The molecule has 1 aromatic rings. The molecule has 4 N–H and O–H groups in total. The number of rotatable bonds is 6. The highest BCUT2D eigenvalue weighted by Gasteiger charge is 2.33. The van der Waals surface area contributed by atoms with Gasteiger partial charge in [-0.2, -0.15) is 4.83 Å². The van der Waals surface area contributed by atoms with Crippen molar-refractivity contribution in [1.29, 1.82) is 0 Å². The molecule has 2 aliphatic carbocycles.